The molecule has 0 aliphatic rings. The van der Waals surface area contributed by atoms with Gasteiger partial charge >= 0.3 is 0 Å². The van der Waals surface area contributed by atoms with E-state index in [0.29, 0.717) is 11.5 Å². The molecule has 7 heteroatoms. The fraction of sp³-hybridized carbons (Fsp3) is 0.185. The summed E-state index contributed by atoms with van der Waals surface area (Å²) < 4.78 is 0. The average Bonchev–Trinajstić information content (AvgIpc) is 2.87. The van der Waals surface area contributed by atoms with Crippen molar-refractivity contribution in [2.45, 2.75) is 19.3 Å². The molecule has 34 heavy (non-hydrogen) atoms. The molecule has 0 aliphatic carbocycles. The molecule has 2 N–H and O–H groups in total. The lowest BCUT2D eigenvalue weighted by Gasteiger charge is -2.27. The highest BCUT2D eigenvalue weighted by atomic mass is 16.1. The van der Waals surface area contributed by atoms with Crippen LogP contribution in [0.4, 0.5) is 22.9 Å². The van der Waals surface area contributed by atoms with Crippen molar-refractivity contribution in [2.24, 2.45) is 0 Å². The number of rotatable bonds is 6. The number of nitrogen functional groups attached to an aromatic ring is 1. The van der Waals surface area contributed by atoms with E-state index in [2.05, 4.69) is 22.1 Å². The molecule has 4 rings (SSSR count). The molecule has 0 fully saturated rings. The highest BCUT2D eigenvalue weighted by molar-refractivity contribution is 6.04. The second-order valence-corrected chi connectivity index (χ2v) is 8.75. The van der Waals surface area contributed by atoms with E-state index in [1.165, 1.54) is 4.90 Å². The molecule has 0 atom stereocenters. The Hall–Kier alpha value is -4.44. The van der Waals surface area contributed by atoms with Gasteiger partial charge in [0, 0.05) is 36.9 Å². The van der Waals surface area contributed by atoms with Gasteiger partial charge in [0.05, 0.1) is 34.6 Å². The molecule has 170 valence electrons. The molecule has 0 unspecified atom stereocenters. The maximum absolute atomic E-state index is 11.7. The normalized spacial score (nSPS) is 11.1. The molecule has 2 heterocycles. The monoisotopic (exact) mass is 450 g/mol. The number of hydrogen-bond acceptors (Lipinski definition) is 6. The van der Waals surface area contributed by atoms with Gasteiger partial charge in [-0.2, -0.15) is 5.26 Å². The van der Waals surface area contributed by atoms with Gasteiger partial charge in [0.15, 0.2) is 0 Å². The summed E-state index contributed by atoms with van der Waals surface area (Å²) in [7, 11) is 3.66. The molecule has 2 aromatic heterocycles. The number of nitriles is 1. The highest BCUT2D eigenvalue weighted by Gasteiger charge is 2.21. The first kappa shape index (κ1) is 22.7. The van der Waals surface area contributed by atoms with Gasteiger partial charge in [-0.05, 0) is 61.4 Å². The van der Waals surface area contributed by atoms with Crippen molar-refractivity contribution in [3.63, 3.8) is 0 Å². The van der Waals surface area contributed by atoms with Crippen LogP contribution >= 0.6 is 0 Å². The zero-order valence-electron chi connectivity index (χ0n) is 19.6. The standard InChI is InChI=1S/C27H26N6O/c1-27(2,16-28)20-7-9-21(10-8-20)33(4)26-22-13-18(19-6-12-25(29)31-14-19)5-11-23(22)30-15-24(26)32(3)17-34/h5-15,17H,1-4H3,(H2,29,31). The van der Waals surface area contributed by atoms with Crippen molar-refractivity contribution in [2.75, 3.05) is 29.6 Å². The van der Waals surface area contributed by atoms with E-state index in [4.69, 9.17) is 5.73 Å². The zero-order chi connectivity index (χ0) is 24.5. The molecule has 0 saturated carbocycles. The Morgan fingerprint density at radius 1 is 0.971 bits per heavy atom. The first-order valence-electron chi connectivity index (χ1n) is 10.8. The second kappa shape index (κ2) is 8.83. The molecule has 0 aliphatic heterocycles. The van der Waals surface area contributed by atoms with Crippen molar-refractivity contribution >= 4 is 40.2 Å². The maximum atomic E-state index is 11.7. The van der Waals surface area contributed by atoms with Gasteiger partial charge in [-0.15, -0.1) is 0 Å². The van der Waals surface area contributed by atoms with E-state index in [1.807, 2.05) is 68.3 Å². The number of pyridine rings is 2. The topological polar surface area (TPSA) is 99.1 Å². The van der Waals surface area contributed by atoms with Crippen LogP contribution in [0.5, 0.6) is 0 Å². The molecular weight excluding hydrogens is 424 g/mol. The van der Waals surface area contributed by atoms with Gasteiger partial charge < -0.3 is 15.5 Å². The third-order valence-corrected chi connectivity index (χ3v) is 6.07. The van der Waals surface area contributed by atoms with E-state index in [-0.39, 0.29) is 0 Å². The minimum Gasteiger partial charge on any atom is -0.384 e. The molecule has 2 aromatic carbocycles. The minimum atomic E-state index is -0.578. The maximum Gasteiger partial charge on any atom is 0.213 e. The van der Waals surface area contributed by atoms with Crippen molar-refractivity contribution in [3.8, 4) is 17.2 Å². The highest BCUT2D eigenvalue weighted by Crippen LogP contribution is 2.40. The summed E-state index contributed by atoms with van der Waals surface area (Å²) in [5, 5.41) is 10.4. The number of carbonyl (C=O) groups is 1. The van der Waals surface area contributed by atoms with Crippen LogP contribution in [-0.4, -0.2) is 30.5 Å². The number of nitrogens with zero attached hydrogens (tertiary/aromatic N) is 5. The van der Waals surface area contributed by atoms with Crippen molar-refractivity contribution in [1.29, 1.82) is 5.26 Å². The quantitative estimate of drug-likeness (QED) is 0.413. The van der Waals surface area contributed by atoms with Crippen LogP contribution in [0.2, 0.25) is 0 Å². The summed E-state index contributed by atoms with van der Waals surface area (Å²) in [6.45, 7) is 3.79. The lowest BCUT2D eigenvalue weighted by molar-refractivity contribution is -0.107. The summed E-state index contributed by atoms with van der Waals surface area (Å²) in [6, 6.07) is 19.9. The van der Waals surface area contributed by atoms with E-state index in [0.717, 1.165) is 45.4 Å². The van der Waals surface area contributed by atoms with Gasteiger partial charge in [0.25, 0.3) is 0 Å². The predicted octanol–water partition coefficient (Wildman–Crippen LogP) is 5.04. The number of nitrogens with two attached hydrogens (primary N) is 1. The Balaban J connectivity index is 1.89. The minimum absolute atomic E-state index is 0.463. The number of carbonyl (C=O) groups excluding carboxylic acids is 1. The molecule has 7 nitrogen and oxygen atoms in total. The van der Waals surface area contributed by atoms with Crippen molar-refractivity contribution < 1.29 is 4.79 Å². The van der Waals surface area contributed by atoms with Crippen LogP contribution in [0.3, 0.4) is 0 Å². The molecule has 0 radical (unpaired) electrons. The zero-order valence-corrected chi connectivity index (χ0v) is 19.6. The Morgan fingerprint density at radius 3 is 2.29 bits per heavy atom. The number of hydrogen-bond donors (Lipinski definition) is 1. The number of fused-ring (bicyclic) bond motifs is 1. The average molecular weight is 451 g/mol. The lowest BCUT2D eigenvalue weighted by atomic mass is 9.86. The number of benzene rings is 2. The predicted molar refractivity (Wildman–Crippen MR) is 137 cm³/mol. The SMILES string of the molecule is CN(C=O)c1cnc2ccc(-c3ccc(N)nc3)cc2c1N(C)c1ccc(C(C)(C)C#N)cc1. The van der Waals surface area contributed by atoms with Gasteiger partial charge in [0.1, 0.15) is 5.82 Å². The second-order valence-electron chi connectivity index (χ2n) is 8.75. The number of amides is 1. The summed E-state index contributed by atoms with van der Waals surface area (Å²) in [6.07, 6.45) is 4.22. The fourth-order valence-corrected chi connectivity index (χ4v) is 3.89. The Morgan fingerprint density at radius 2 is 1.68 bits per heavy atom. The van der Waals surface area contributed by atoms with E-state index < -0.39 is 5.41 Å². The number of aromatic nitrogens is 2. The molecular formula is C27H26N6O. The van der Waals surface area contributed by atoms with Crippen LogP contribution in [0.1, 0.15) is 19.4 Å². The smallest absolute Gasteiger partial charge is 0.213 e. The van der Waals surface area contributed by atoms with Crippen LogP contribution < -0.4 is 15.5 Å². The van der Waals surface area contributed by atoms with Gasteiger partial charge in [-0.25, -0.2) is 4.98 Å². The largest absolute Gasteiger partial charge is 0.384 e. The fourth-order valence-electron chi connectivity index (χ4n) is 3.89. The van der Waals surface area contributed by atoms with Gasteiger partial charge in [0.2, 0.25) is 6.41 Å². The first-order chi connectivity index (χ1) is 16.2. The van der Waals surface area contributed by atoms with E-state index in [1.54, 1.807) is 25.5 Å². The molecule has 0 saturated heterocycles. The van der Waals surface area contributed by atoms with Crippen molar-refractivity contribution in [1.82, 2.24) is 9.97 Å². The summed E-state index contributed by atoms with van der Waals surface area (Å²) in [5.74, 6) is 0.463. The summed E-state index contributed by atoms with van der Waals surface area (Å²) in [5.41, 5.74) is 11.3. The van der Waals surface area contributed by atoms with Crippen LogP contribution in [0.15, 0.2) is 67.0 Å². The third kappa shape index (κ3) is 4.14. The van der Waals surface area contributed by atoms with E-state index in [9.17, 15) is 10.1 Å². The molecule has 1 amide bonds. The number of anilines is 4. The Kier molecular flexibility index (Phi) is 5.91. The molecule has 4 aromatic rings. The van der Waals surface area contributed by atoms with Gasteiger partial charge in [-0.3, -0.25) is 9.78 Å². The first-order valence-corrected chi connectivity index (χ1v) is 10.8. The summed E-state index contributed by atoms with van der Waals surface area (Å²) in [4.78, 5) is 24.0. The lowest BCUT2D eigenvalue weighted by Crippen LogP contribution is -2.20. The Bertz CT molecular complexity index is 1390. The van der Waals surface area contributed by atoms with E-state index >= 15 is 0 Å². The summed E-state index contributed by atoms with van der Waals surface area (Å²) >= 11 is 0. The van der Waals surface area contributed by atoms with Crippen LogP contribution in [-0.2, 0) is 10.2 Å². The molecule has 0 spiro atoms. The van der Waals surface area contributed by atoms with Crippen LogP contribution in [0.25, 0.3) is 22.0 Å². The van der Waals surface area contributed by atoms with Crippen LogP contribution in [0, 0.1) is 11.3 Å². The Labute approximate surface area is 199 Å². The third-order valence-electron chi connectivity index (χ3n) is 6.07. The van der Waals surface area contributed by atoms with Crippen molar-refractivity contribution in [3.05, 3.63) is 72.6 Å². The molecule has 0 bridgehead atoms. The van der Waals surface area contributed by atoms with Gasteiger partial charge in [-0.1, -0.05) is 18.2 Å².